The van der Waals surface area contributed by atoms with Crippen LogP contribution in [0.3, 0.4) is 0 Å². The fraction of sp³-hybridized carbons (Fsp3) is 0.417. The quantitative estimate of drug-likeness (QED) is 0.787. The summed E-state index contributed by atoms with van der Waals surface area (Å²) in [6.07, 6.45) is 0.0367. The maximum absolute atomic E-state index is 13.7. The minimum atomic E-state index is -4.45. The van der Waals surface area contributed by atoms with Gasteiger partial charge in [0.1, 0.15) is 22.6 Å². The zero-order valence-electron chi connectivity index (χ0n) is 11.2. The average Bonchev–Trinajstić information content (AvgIpc) is 2.24. The van der Waals surface area contributed by atoms with Crippen molar-refractivity contribution in [3.8, 4) is 0 Å². The molecular weight excluding hydrogens is 372 g/mol. The zero-order valence-corrected chi connectivity index (χ0v) is 13.6. The van der Waals surface area contributed by atoms with Gasteiger partial charge in [-0.2, -0.15) is 4.72 Å². The predicted octanol–water partition coefficient (Wildman–Crippen LogP) is 2.50. The van der Waals surface area contributed by atoms with Crippen LogP contribution in [-0.4, -0.2) is 25.5 Å². The van der Waals surface area contributed by atoms with Gasteiger partial charge in [-0.05, 0) is 34.3 Å². The molecule has 2 N–H and O–H groups in total. The molecule has 1 unspecified atom stereocenters. The number of hydrogen-bond donors (Lipinski definition) is 2. The van der Waals surface area contributed by atoms with E-state index in [4.69, 9.17) is 5.11 Å². The molecule has 1 aromatic rings. The lowest BCUT2D eigenvalue weighted by Crippen LogP contribution is -2.41. The number of rotatable bonds is 6. The van der Waals surface area contributed by atoms with Crippen molar-refractivity contribution in [2.24, 2.45) is 5.92 Å². The second kappa shape index (κ2) is 6.80. The Kier molecular flexibility index (Phi) is 5.83. The zero-order chi connectivity index (χ0) is 16.4. The lowest BCUT2D eigenvalue weighted by molar-refractivity contribution is -0.139. The van der Waals surface area contributed by atoms with Gasteiger partial charge in [-0.25, -0.2) is 17.2 Å². The summed E-state index contributed by atoms with van der Waals surface area (Å²) in [6, 6.07) is -0.195. The summed E-state index contributed by atoms with van der Waals surface area (Å²) in [5.74, 6) is -3.71. The predicted molar refractivity (Wildman–Crippen MR) is 75.3 cm³/mol. The second-order valence-electron chi connectivity index (χ2n) is 4.84. The molecule has 1 atom stereocenters. The van der Waals surface area contributed by atoms with Crippen molar-refractivity contribution in [3.05, 3.63) is 28.2 Å². The molecule has 0 amide bonds. The Morgan fingerprint density at radius 1 is 1.38 bits per heavy atom. The van der Waals surface area contributed by atoms with Crippen molar-refractivity contribution in [1.82, 2.24) is 4.72 Å². The standard InChI is InChI=1S/C12H14BrF2NO4S/c1-6(2)3-10(12(17)18)16-21(19,20)11-8(13)4-7(14)5-9(11)15/h4-6,10,16H,3H2,1-2H3,(H,17,18). The molecule has 0 aliphatic rings. The highest BCUT2D eigenvalue weighted by molar-refractivity contribution is 9.10. The van der Waals surface area contributed by atoms with Crippen molar-refractivity contribution in [2.45, 2.75) is 31.2 Å². The van der Waals surface area contributed by atoms with Crippen LogP contribution in [-0.2, 0) is 14.8 Å². The summed E-state index contributed by atoms with van der Waals surface area (Å²) in [7, 11) is -4.45. The Hall–Kier alpha value is -1.06. The highest BCUT2D eigenvalue weighted by Crippen LogP contribution is 2.26. The van der Waals surface area contributed by atoms with Gasteiger partial charge in [0.25, 0.3) is 0 Å². The summed E-state index contributed by atoms with van der Waals surface area (Å²) in [4.78, 5) is 10.3. The summed E-state index contributed by atoms with van der Waals surface area (Å²) in [5.41, 5.74) is 0. The fourth-order valence-corrected chi connectivity index (χ4v) is 4.07. The van der Waals surface area contributed by atoms with E-state index >= 15 is 0 Å². The van der Waals surface area contributed by atoms with E-state index in [0.717, 1.165) is 6.07 Å². The number of hydrogen-bond acceptors (Lipinski definition) is 3. The number of carboxylic acid groups (broad SMARTS) is 1. The number of carbonyl (C=O) groups is 1. The van der Waals surface area contributed by atoms with Crippen molar-refractivity contribution in [1.29, 1.82) is 0 Å². The molecule has 0 aliphatic heterocycles. The van der Waals surface area contributed by atoms with Crippen molar-refractivity contribution >= 4 is 31.9 Å². The van der Waals surface area contributed by atoms with Crippen LogP contribution in [0.1, 0.15) is 20.3 Å². The lowest BCUT2D eigenvalue weighted by Gasteiger charge is -2.17. The van der Waals surface area contributed by atoms with Gasteiger partial charge in [0.2, 0.25) is 10.0 Å². The number of benzene rings is 1. The van der Waals surface area contributed by atoms with Crippen LogP contribution in [0.5, 0.6) is 0 Å². The van der Waals surface area contributed by atoms with Gasteiger partial charge in [0, 0.05) is 10.5 Å². The van der Waals surface area contributed by atoms with Crippen molar-refractivity contribution in [3.63, 3.8) is 0 Å². The molecule has 1 rings (SSSR count). The summed E-state index contributed by atoms with van der Waals surface area (Å²) in [5, 5.41) is 9.02. The number of carboxylic acids is 1. The molecule has 0 heterocycles. The minimum absolute atomic E-state index is 0.0367. The normalized spacial score (nSPS) is 13.4. The van der Waals surface area contributed by atoms with Crippen LogP contribution in [0, 0.1) is 17.6 Å². The summed E-state index contributed by atoms with van der Waals surface area (Å²) in [6.45, 7) is 3.44. The number of sulfonamides is 1. The van der Waals surface area contributed by atoms with Gasteiger partial charge in [-0.1, -0.05) is 13.8 Å². The molecule has 9 heteroatoms. The Bertz CT molecular complexity index is 626. The fourth-order valence-electron chi connectivity index (χ4n) is 1.70. The molecule has 0 radical (unpaired) electrons. The van der Waals surface area contributed by atoms with Crippen LogP contribution < -0.4 is 4.72 Å². The van der Waals surface area contributed by atoms with Gasteiger partial charge >= 0.3 is 5.97 Å². The van der Waals surface area contributed by atoms with Crippen LogP contribution in [0.4, 0.5) is 8.78 Å². The van der Waals surface area contributed by atoms with E-state index in [9.17, 15) is 22.0 Å². The maximum atomic E-state index is 13.7. The molecule has 0 aromatic heterocycles. The smallest absolute Gasteiger partial charge is 0.321 e. The third-order valence-corrected chi connectivity index (χ3v) is 4.97. The van der Waals surface area contributed by atoms with E-state index in [0.29, 0.717) is 6.07 Å². The van der Waals surface area contributed by atoms with Crippen LogP contribution in [0.15, 0.2) is 21.5 Å². The highest BCUT2D eigenvalue weighted by atomic mass is 79.9. The van der Waals surface area contributed by atoms with Crippen LogP contribution in [0.25, 0.3) is 0 Å². The molecule has 0 fully saturated rings. The first-order valence-corrected chi connectivity index (χ1v) is 8.22. The van der Waals surface area contributed by atoms with Gasteiger partial charge in [0.05, 0.1) is 0 Å². The summed E-state index contributed by atoms with van der Waals surface area (Å²) >= 11 is 2.76. The molecule has 0 spiro atoms. The first kappa shape index (κ1) is 18.0. The Labute approximate surface area is 129 Å². The average molecular weight is 386 g/mol. The maximum Gasteiger partial charge on any atom is 0.321 e. The SMILES string of the molecule is CC(C)CC(NS(=O)(=O)c1c(F)cc(F)cc1Br)C(=O)O. The van der Waals surface area contributed by atoms with E-state index in [1.54, 1.807) is 13.8 Å². The first-order chi connectivity index (χ1) is 9.54. The van der Waals surface area contributed by atoms with Crippen LogP contribution >= 0.6 is 15.9 Å². The Morgan fingerprint density at radius 3 is 2.38 bits per heavy atom. The van der Waals surface area contributed by atoms with Crippen molar-refractivity contribution in [2.75, 3.05) is 0 Å². The number of aliphatic carboxylic acids is 1. The molecular formula is C12H14BrF2NO4S. The highest BCUT2D eigenvalue weighted by Gasteiger charge is 2.30. The minimum Gasteiger partial charge on any atom is -0.480 e. The van der Waals surface area contributed by atoms with Gasteiger partial charge in [-0.15, -0.1) is 0 Å². The lowest BCUT2D eigenvalue weighted by atomic mass is 10.1. The molecule has 0 bridgehead atoms. The van der Waals surface area contributed by atoms with Gasteiger partial charge in [-0.3, -0.25) is 4.79 Å². The molecule has 0 saturated heterocycles. The third kappa shape index (κ3) is 4.72. The molecule has 21 heavy (non-hydrogen) atoms. The van der Waals surface area contributed by atoms with Gasteiger partial charge in [0.15, 0.2) is 0 Å². The van der Waals surface area contributed by atoms with E-state index in [-0.39, 0.29) is 16.8 Å². The van der Waals surface area contributed by atoms with Gasteiger partial charge < -0.3 is 5.11 Å². The first-order valence-electron chi connectivity index (χ1n) is 5.94. The Balaban J connectivity index is 3.20. The molecule has 118 valence electrons. The van der Waals surface area contributed by atoms with E-state index in [1.165, 1.54) is 0 Å². The number of halogens is 3. The van der Waals surface area contributed by atoms with Crippen molar-refractivity contribution < 1.29 is 27.1 Å². The molecule has 0 saturated carbocycles. The topological polar surface area (TPSA) is 83.5 Å². The van der Waals surface area contributed by atoms with E-state index in [2.05, 4.69) is 15.9 Å². The second-order valence-corrected chi connectivity index (χ2v) is 7.35. The summed E-state index contributed by atoms with van der Waals surface area (Å²) < 4.78 is 52.5. The van der Waals surface area contributed by atoms with E-state index in [1.807, 2.05) is 4.72 Å². The number of nitrogens with one attached hydrogen (secondary N) is 1. The molecule has 0 aliphatic carbocycles. The largest absolute Gasteiger partial charge is 0.480 e. The molecule has 5 nitrogen and oxygen atoms in total. The van der Waals surface area contributed by atoms with E-state index < -0.39 is 38.6 Å². The van der Waals surface area contributed by atoms with Crippen LogP contribution in [0.2, 0.25) is 0 Å². The monoisotopic (exact) mass is 385 g/mol. The third-order valence-electron chi connectivity index (χ3n) is 2.53. The Morgan fingerprint density at radius 2 is 1.95 bits per heavy atom. The molecule has 1 aromatic carbocycles.